The number of hydrogen-bond acceptors (Lipinski definition) is 3. The van der Waals surface area contributed by atoms with E-state index in [4.69, 9.17) is 5.26 Å². The first-order chi connectivity index (χ1) is 7.79. The van der Waals surface area contributed by atoms with Crippen molar-refractivity contribution in [1.29, 1.82) is 5.26 Å². The van der Waals surface area contributed by atoms with Crippen molar-refractivity contribution in [3.05, 3.63) is 47.5 Å². The standard InChI is InChI=1S/C11H9FN4/c12-10-5-8(6-13)1-2-11(10)14-7-9-3-4-15-16-9/h1-5,14H,7H2,(H,15,16). The molecule has 0 fully saturated rings. The third-order valence-electron chi connectivity index (χ3n) is 2.13. The van der Waals surface area contributed by atoms with Crippen molar-refractivity contribution in [3.8, 4) is 6.07 Å². The molecule has 1 heterocycles. The van der Waals surface area contributed by atoms with Crippen LogP contribution >= 0.6 is 0 Å². The van der Waals surface area contributed by atoms with E-state index < -0.39 is 5.82 Å². The Hall–Kier alpha value is -2.35. The second-order valence-electron chi connectivity index (χ2n) is 3.24. The molecule has 0 unspecified atom stereocenters. The number of aromatic nitrogens is 2. The average Bonchev–Trinajstić information content (AvgIpc) is 2.80. The summed E-state index contributed by atoms with van der Waals surface area (Å²) in [7, 11) is 0. The lowest BCUT2D eigenvalue weighted by Crippen LogP contribution is -2.02. The van der Waals surface area contributed by atoms with Gasteiger partial charge in [0.25, 0.3) is 0 Å². The Bertz CT molecular complexity index is 513. The minimum absolute atomic E-state index is 0.310. The molecule has 80 valence electrons. The quantitative estimate of drug-likeness (QED) is 0.825. The molecule has 1 aromatic heterocycles. The van der Waals surface area contributed by atoms with Crippen molar-refractivity contribution >= 4 is 5.69 Å². The lowest BCUT2D eigenvalue weighted by atomic mass is 10.2. The van der Waals surface area contributed by atoms with Gasteiger partial charge < -0.3 is 5.32 Å². The van der Waals surface area contributed by atoms with Gasteiger partial charge in [-0.05, 0) is 24.3 Å². The highest BCUT2D eigenvalue weighted by Crippen LogP contribution is 2.15. The molecular formula is C11H9FN4. The minimum Gasteiger partial charge on any atom is -0.377 e. The highest BCUT2D eigenvalue weighted by atomic mass is 19.1. The SMILES string of the molecule is N#Cc1ccc(NCc2ccn[nH]2)c(F)c1. The lowest BCUT2D eigenvalue weighted by molar-refractivity contribution is 0.629. The number of nitrogens with one attached hydrogen (secondary N) is 2. The molecule has 0 saturated heterocycles. The number of aromatic amines is 1. The molecule has 0 saturated carbocycles. The van der Waals surface area contributed by atoms with Crippen LogP contribution in [0.5, 0.6) is 0 Å². The van der Waals surface area contributed by atoms with Gasteiger partial charge >= 0.3 is 0 Å². The summed E-state index contributed by atoms with van der Waals surface area (Å²) in [6.07, 6.45) is 1.63. The zero-order valence-electron chi connectivity index (χ0n) is 8.37. The molecule has 0 aliphatic carbocycles. The second-order valence-corrected chi connectivity index (χ2v) is 3.24. The Labute approximate surface area is 91.7 Å². The number of anilines is 1. The van der Waals surface area contributed by atoms with E-state index in [1.807, 2.05) is 6.07 Å². The largest absolute Gasteiger partial charge is 0.377 e. The van der Waals surface area contributed by atoms with Crippen LogP contribution in [0.3, 0.4) is 0 Å². The Morgan fingerprint density at radius 3 is 2.94 bits per heavy atom. The highest BCUT2D eigenvalue weighted by molar-refractivity contribution is 5.48. The summed E-state index contributed by atoms with van der Waals surface area (Å²) >= 11 is 0. The molecule has 2 rings (SSSR count). The van der Waals surface area contributed by atoms with E-state index in [0.29, 0.717) is 17.8 Å². The van der Waals surface area contributed by atoms with Crippen LogP contribution in [0.1, 0.15) is 11.3 Å². The van der Waals surface area contributed by atoms with Gasteiger partial charge in [0, 0.05) is 6.20 Å². The molecule has 0 spiro atoms. The predicted octanol–water partition coefficient (Wildman–Crippen LogP) is 2.03. The Balaban J connectivity index is 2.08. The summed E-state index contributed by atoms with van der Waals surface area (Å²) in [4.78, 5) is 0. The fourth-order valence-electron chi connectivity index (χ4n) is 1.30. The fraction of sp³-hybridized carbons (Fsp3) is 0.0909. The molecule has 2 N–H and O–H groups in total. The molecule has 0 aliphatic heterocycles. The van der Waals surface area contributed by atoms with E-state index in [1.54, 1.807) is 24.4 Å². The maximum Gasteiger partial charge on any atom is 0.147 e. The lowest BCUT2D eigenvalue weighted by Gasteiger charge is -2.05. The molecule has 0 radical (unpaired) electrons. The summed E-state index contributed by atoms with van der Waals surface area (Å²) in [6.45, 7) is 0.461. The molecule has 0 bridgehead atoms. The third-order valence-corrected chi connectivity index (χ3v) is 2.13. The molecule has 0 amide bonds. The van der Waals surface area contributed by atoms with E-state index in [9.17, 15) is 4.39 Å². The normalized spacial score (nSPS) is 9.75. The van der Waals surface area contributed by atoms with E-state index in [1.165, 1.54) is 6.07 Å². The first kappa shape index (κ1) is 10.2. The summed E-state index contributed by atoms with van der Waals surface area (Å²) in [5.74, 6) is -0.432. The van der Waals surface area contributed by atoms with Crippen LogP contribution in [0.2, 0.25) is 0 Å². The van der Waals surface area contributed by atoms with Gasteiger partial charge in [0.2, 0.25) is 0 Å². The average molecular weight is 216 g/mol. The molecule has 1 aromatic carbocycles. The number of H-pyrrole nitrogens is 1. The zero-order valence-corrected chi connectivity index (χ0v) is 8.37. The number of nitrogens with zero attached hydrogens (tertiary/aromatic N) is 2. The molecular weight excluding hydrogens is 207 g/mol. The van der Waals surface area contributed by atoms with Gasteiger partial charge in [-0.2, -0.15) is 10.4 Å². The summed E-state index contributed by atoms with van der Waals surface area (Å²) in [6, 6.07) is 8.00. The van der Waals surface area contributed by atoms with Crippen LogP contribution in [0, 0.1) is 17.1 Å². The predicted molar refractivity (Wildman–Crippen MR) is 57.0 cm³/mol. The van der Waals surface area contributed by atoms with Crippen LogP contribution in [0.4, 0.5) is 10.1 Å². The first-order valence-corrected chi connectivity index (χ1v) is 4.71. The summed E-state index contributed by atoms with van der Waals surface area (Å²) < 4.78 is 13.4. The fourth-order valence-corrected chi connectivity index (χ4v) is 1.30. The Morgan fingerprint density at radius 1 is 1.44 bits per heavy atom. The van der Waals surface area contributed by atoms with Crippen molar-refractivity contribution in [2.24, 2.45) is 0 Å². The van der Waals surface area contributed by atoms with E-state index in [0.717, 1.165) is 5.69 Å². The van der Waals surface area contributed by atoms with Crippen molar-refractivity contribution in [1.82, 2.24) is 10.2 Å². The first-order valence-electron chi connectivity index (χ1n) is 4.71. The van der Waals surface area contributed by atoms with Gasteiger partial charge in [-0.15, -0.1) is 0 Å². The van der Waals surface area contributed by atoms with Crippen molar-refractivity contribution in [3.63, 3.8) is 0 Å². The molecule has 4 nitrogen and oxygen atoms in total. The van der Waals surface area contributed by atoms with Crippen LogP contribution in [0.25, 0.3) is 0 Å². The van der Waals surface area contributed by atoms with Crippen molar-refractivity contribution < 1.29 is 4.39 Å². The molecule has 2 aromatic rings. The number of benzene rings is 1. The topological polar surface area (TPSA) is 64.5 Å². The molecule has 5 heteroatoms. The summed E-state index contributed by atoms with van der Waals surface area (Å²) in [5.41, 5.74) is 1.54. The minimum atomic E-state index is -0.432. The van der Waals surface area contributed by atoms with Crippen molar-refractivity contribution in [2.45, 2.75) is 6.54 Å². The van der Waals surface area contributed by atoms with Crippen LogP contribution in [-0.2, 0) is 6.54 Å². The smallest absolute Gasteiger partial charge is 0.147 e. The Kier molecular flexibility index (Phi) is 2.83. The van der Waals surface area contributed by atoms with Gasteiger partial charge in [0.05, 0.1) is 29.6 Å². The molecule has 16 heavy (non-hydrogen) atoms. The van der Waals surface area contributed by atoms with Gasteiger partial charge in [-0.1, -0.05) is 0 Å². The van der Waals surface area contributed by atoms with Gasteiger partial charge in [0.15, 0.2) is 0 Å². The van der Waals surface area contributed by atoms with Crippen molar-refractivity contribution in [2.75, 3.05) is 5.32 Å². The van der Waals surface area contributed by atoms with E-state index in [2.05, 4.69) is 15.5 Å². The van der Waals surface area contributed by atoms with Crippen LogP contribution < -0.4 is 5.32 Å². The van der Waals surface area contributed by atoms with E-state index in [-0.39, 0.29) is 0 Å². The second kappa shape index (κ2) is 4.45. The van der Waals surface area contributed by atoms with Crippen LogP contribution in [-0.4, -0.2) is 10.2 Å². The third kappa shape index (κ3) is 2.17. The number of nitriles is 1. The number of halogens is 1. The Morgan fingerprint density at radius 2 is 2.31 bits per heavy atom. The van der Waals surface area contributed by atoms with Gasteiger partial charge in [-0.3, -0.25) is 5.10 Å². The molecule has 0 aliphatic rings. The zero-order chi connectivity index (χ0) is 11.4. The van der Waals surface area contributed by atoms with Crippen LogP contribution in [0.15, 0.2) is 30.5 Å². The number of hydrogen-bond donors (Lipinski definition) is 2. The van der Waals surface area contributed by atoms with E-state index >= 15 is 0 Å². The van der Waals surface area contributed by atoms with Gasteiger partial charge in [0.1, 0.15) is 5.82 Å². The highest BCUT2D eigenvalue weighted by Gasteiger charge is 2.03. The maximum atomic E-state index is 13.4. The van der Waals surface area contributed by atoms with Gasteiger partial charge in [-0.25, -0.2) is 4.39 Å². The maximum absolute atomic E-state index is 13.4. The number of rotatable bonds is 3. The molecule has 0 atom stereocenters. The summed E-state index contributed by atoms with van der Waals surface area (Å²) in [5, 5.41) is 18.0. The monoisotopic (exact) mass is 216 g/mol.